The number of hydrogen-bond acceptors (Lipinski definition) is 2. The second kappa shape index (κ2) is 5.54. The third-order valence-corrected chi connectivity index (χ3v) is 5.16. The van der Waals surface area contributed by atoms with Gasteiger partial charge in [0.1, 0.15) is 5.75 Å². The lowest BCUT2D eigenvalue weighted by atomic mass is 9.77. The molecule has 3 atom stereocenters. The highest BCUT2D eigenvalue weighted by Crippen LogP contribution is 2.39. The summed E-state index contributed by atoms with van der Waals surface area (Å²) in [6.07, 6.45) is 8.44. The van der Waals surface area contributed by atoms with Crippen LogP contribution in [-0.2, 0) is 0 Å². The van der Waals surface area contributed by atoms with Crippen LogP contribution in [-0.4, -0.2) is 22.6 Å². The Kier molecular flexibility index (Phi) is 3.79. The van der Waals surface area contributed by atoms with Crippen molar-refractivity contribution in [2.45, 2.75) is 57.5 Å². The smallest absolute Gasteiger partial charge is 0.115 e. The fraction of sp³-hybridized carbons (Fsp3) is 0.647. The predicted octanol–water partition coefficient (Wildman–Crippen LogP) is 4.11. The SMILES string of the molecule is CC(c1ccc(O)cc1)N1CCC[C@H]2CCCC[C@H]21. The van der Waals surface area contributed by atoms with Crippen molar-refractivity contribution in [2.75, 3.05) is 6.54 Å². The van der Waals surface area contributed by atoms with Gasteiger partial charge < -0.3 is 5.11 Å². The topological polar surface area (TPSA) is 23.5 Å². The first-order valence-electron chi connectivity index (χ1n) is 7.80. The van der Waals surface area contributed by atoms with Gasteiger partial charge in [-0.25, -0.2) is 0 Å². The Morgan fingerprint density at radius 3 is 2.53 bits per heavy atom. The van der Waals surface area contributed by atoms with Crippen LogP contribution in [0.2, 0.25) is 0 Å². The fourth-order valence-corrected chi connectivity index (χ4v) is 4.09. The van der Waals surface area contributed by atoms with Crippen LogP contribution in [0.1, 0.15) is 57.1 Å². The van der Waals surface area contributed by atoms with E-state index in [0.717, 1.165) is 12.0 Å². The van der Waals surface area contributed by atoms with Gasteiger partial charge in [-0.05, 0) is 62.8 Å². The van der Waals surface area contributed by atoms with Crippen molar-refractivity contribution in [1.82, 2.24) is 4.90 Å². The highest BCUT2D eigenvalue weighted by Gasteiger charge is 2.35. The molecule has 1 aliphatic carbocycles. The summed E-state index contributed by atoms with van der Waals surface area (Å²) in [4.78, 5) is 2.72. The molecular weight excluding hydrogens is 234 g/mol. The summed E-state index contributed by atoms with van der Waals surface area (Å²) < 4.78 is 0. The number of aromatic hydroxyl groups is 1. The van der Waals surface area contributed by atoms with Crippen molar-refractivity contribution < 1.29 is 5.11 Å². The normalized spacial score (nSPS) is 29.7. The molecule has 1 N–H and O–H groups in total. The first-order chi connectivity index (χ1) is 9.25. The molecule has 1 heterocycles. The highest BCUT2D eigenvalue weighted by molar-refractivity contribution is 5.28. The van der Waals surface area contributed by atoms with E-state index in [1.807, 2.05) is 12.1 Å². The summed E-state index contributed by atoms with van der Waals surface area (Å²) in [6, 6.07) is 9.05. The Morgan fingerprint density at radius 2 is 1.74 bits per heavy atom. The summed E-state index contributed by atoms with van der Waals surface area (Å²) in [5, 5.41) is 9.42. The Balaban J connectivity index is 1.77. The third-order valence-electron chi connectivity index (χ3n) is 5.16. The maximum Gasteiger partial charge on any atom is 0.115 e. The van der Waals surface area contributed by atoms with Gasteiger partial charge in [0.2, 0.25) is 0 Å². The lowest BCUT2D eigenvalue weighted by Crippen LogP contribution is -2.47. The van der Waals surface area contributed by atoms with Gasteiger partial charge in [-0.2, -0.15) is 0 Å². The highest BCUT2D eigenvalue weighted by atomic mass is 16.3. The number of phenolic OH excluding ortho intramolecular Hbond substituents is 1. The van der Waals surface area contributed by atoms with Crippen LogP contribution in [0.3, 0.4) is 0 Å². The van der Waals surface area contributed by atoms with Gasteiger partial charge in [0, 0.05) is 12.1 Å². The molecule has 1 unspecified atom stereocenters. The number of piperidine rings is 1. The van der Waals surface area contributed by atoms with E-state index in [9.17, 15) is 5.11 Å². The second-order valence-corrected chi connectivity index (χ2v) is 6.26. The molecule has 1 aromatic rings. The second-order valence-electron chi connectivity index (χ2n) is 6.26. The van der Waals surface area contributed by atoms with E-state index in [2.05, 4.69) is 24.0 Å². The van der Waals surface area contributed by atoms with E-state index in [1.165, 1.54) is 50.6 Å². The molecule has 1 saturated heterocycles. The maximum atomic E-state index is 9.42. The molecule has 19 heavy (non-hydrogen) atoms. The molecule has 0 amide bonds. The molecule has 2 heteroatoms. The molecule has 2 fully saturated rings. The Morgan fingerprint density at radius 1 is 1.05 bits per heavy atom. The van der Waals surface area contributed by atoms with E-state index in [1.54, 1.807) is 0 Å². The lowest BCUT2D eigenvalue weighted by Gasteiger charge is -2.47. The van der Waals surface area contributed by atoms with Crippen LogP contribution in [0.4, 0.5) is 0 Å². The average molecular weight is 259 g/mol. The summed E-state index contributed by atoms with van der Waals surface area (Å²) in [6.45, 7) is 3.56. The van der Waals surface area contributed by atoms with Crippen molar-refractivity contribution in [2.24, 2.45) is 5.92 Å². The first kappa shape index (κ1) is 13.0. The van der Waals surface area contributed by atoms with E-state index >= 15 is 0 Å². The molecule has 1 aromatic carbocycles. The summed E-state index contributed by atoms with van der Waals surface area (Å²) >= 11 is 0. The molecule has 104 valence electrons. The van der Waals surface area contributed by atoms with Gasteiger partial charge in [0.05, 0.1) is 0 Å². The standard InChI is InChI=1S/C17H25NO/c1-13(14-8-10-16(19)11-9-14)18-12-4-6-15-5-2-3-7-17(15)18/h8-11,13,15,17,19H,2-7,12H2,1H3/t13?,15-,17-/m1/s1. The van der Waals surface area contributed by atoms with Crippen LogP contribution < -0.4 is 0 Å². The maximum absolute atomic E-state index is 9.42. The van der Waals surface area contributed by atoms with E-state index in [4.69, 9.17) is 0 Å². The van der Waals surface area contributed by atoms with Gasteiger partial charge in [-0.3, -0.25) is 4.90 Å². The number of benzene rings is 1. The van der Waals surface area contributed by atoms with Crippen molar-refractivity contribution >= 4 is 0 Å². The average Bonchev–Trinajstić information content (AvgIpc) is 2.47. The number of nitrogens with zero attached hydrogens (tertiary/aromatic N) is 1. The number of likely N-dealkylation sites (tertiary alicyclic amines) is 1. The van der Waals surface area contributed by atoms with Gasteiger partial charge in [-0.1, -0.05) is 25.0 Å². The fourth-order valence-electron chi connectivity index (χ4n) is 4.09. The van der Waals surface area contributed by atoms with Gasteiger partial charge in [0.25, 0.3) is 0 Å². The molecule has 0 aromatic heterocycles. The minimum absolute atomic E-state index is 0.366. The van der Waals surface area contributed by atoms with Crippen LogP contribution in [0, 0.1) is 5.92 Å². The number of rotatable bonds is 2. The predicted molar refractivity (Wildman–Crippen MR) is 78.2 cm³/mol. The molecule has 3 rings (SSSR count). The largest absolute Gasteiger partial charge is 0.508 e. The zero-order chi connectivity index (χ0) is 13.2. The van der Waals surface area contributed by atoms with Crippen molar-refractivity contribution in [3.05, 3.63) is 29.8 Å². The lowest BCUT2D eigenvalue weighted by molar-refractivity contribution is 0.0308. The summed E-state index contributed by atoms with van der Waals surface area (Å²) in [7, 11) is 0. The number of hydrogen-bond donors (Lipinski definition) is 1. The van der Waals surface area contributed by atoms with Gasteiger partial charge in [0.15, 0.2) is 0 Å². The van der Waals surface area contributed by atoms with Crippen LogP contribution >= 0.6 is 0 Å². The minimum atomic E-state index is 0.366. The molecule has 0 spiro atoms. The Hall–Kier alpha value is -1.02. The summed E-state index contributed by atoms with van der Waals surface area (Å²) in [5.41, 5.74) is 1.34. The van der Waals surface area contributed by atoms with Crippen molar-refractivity contribution in [3.8, 4) is 5.75 Å². The molecule has 2 nitrogen and oxygen atoms in total. The van der Waals surface area contributed by atoms with Crippen LogP contribution in [0.25, 0.3) is 0 Å². The third kappa shape index (κ3) is 2.64. The number of phenols is 1. The Labute approximate surface area is 116 Å². The van der Waals surface area contributed by atoms with Crippen LogP contribution in [0.5, 0.6) is 5.75 Å². The van der Waals surface area contributed by atoms with E-state index < -0.39 is 0 Å². The van der Waals surface area contributed by atoms with Crippen molar-refractivity contribution in [3.63, 3.8) is 0 Å². The number of fused-ring (bicyclic) bond motifs is 1. The monoisotopic (exact) mass is 259 g/mol. The quantitative estimate of drug-likeness (QED) is 0.864. The molecule has 2 aliphatic rings. The van der Waals surface area contributed by atoms with Crippen LogP contribution in [0.15, 0.2) is 24.3 Å². The summed E-state index contributed by atoms with van der Waals surface area (Å²) in [5.74, 6) is 1.30. The molecule has 0 bridgehead atoms. The molecule has 1 saturated carbocycles. The van der Waals surface area contributed by atoms with E-state index in [0.29, 0.717) is 11.8 Å². The molecule has 0 radical (unpaired) electrons. The zero-order valence-corrected chi connectivity index (χ0v) is 11.9. The molecular formula is C17H25NO. The van der Waals surface area contributed by atoms with Gasteiger partial charge in [-0.15, -0.1) is 0 Å². The van der Waals surface area contributed by atoms with Gasteiger partial charge >= 0.3 is 0 Å². The van der Waals surface area contributed by atoms with Crippen molar-refractivity contribution in [1.29, 1.82) is 0 Å². The van der Waals surface area contributed by atoms with E-state index in [-0.39, 0.29) is 0 Å². The Bertz CT molecular complexity index is 412. The first-order valence-corrected chi connectivity index (χ1v) is 7.80. The zero-order valence-electron chi connectivity index (χ0n) is 11.9. The molecule has 1 aliphatic heterocycles. The minimum Gasteiger partial charge on any atom is -0.508 e.